The van der Waals surface area contributed by atoms with Gasteiger partial charge in [0.05, 0.1) is 5.02 Å². The lowest BCUT2D eigenvalue weighted by molar-refractivity contribution is 0.0673. The van der Waals surface area contributed by atoms with E-state index >= 15 is 0 Å². The Morgan fingerprint density at radius 3 is 2.61 bits per heavy atom. The van der Waals surface area contributed by atoms with E-state index in [4.69, 9.17) is 16.3 Å². The van der Waals surface area contributed by atoms with Gasteiger partial charge in [-0.1, -0.05) is 42.8 Å². The summed E-state index contributed by atoms with van der Waals surface area (Å²) in [5, 5.41) is 0.524. The molecule has 31 heavy (non-hydrogen) atoms. The smallest absolute Gasteiger partial charge is 0.254 e. The largest absolute Gasteiger partial charge is 0.437 e. The zero-order chi connectivity index (χ0) is 21.8. The first-order chi connectivity index (χ1) is 15.0. The summed E-state index contributed by atoms with van der Waals surface area (Å²) in [5.41, 5.74) is 1.96. The van der Waals surface area contributed by atoms with Crippen LogP contribution < -0.4 is 9.64 Å². The number of para-hydroxylation sites is 1. The van der Waals surface area contributed by atoms with Crippen LogP contribution in [0.15, 0.2) is 60.9 Å². The Hall–Kier alpha value is -3.12. The van der Waals surface area contributed by atoms with Crippen molar-refractivity contribution in [1.29, 1.82) is 0 Å². The number of ether oxygens (including phenoxy) is 1. The van der Waals surface area contributed by atoms with E-state index in [1.54, 1.807) is 18.2 Å². The van der Waals surface area contributed by atoms with Crippen LogP contribution in [0, 0.1) is 0 Å². The molecule has 160 valence electrons. The van der Waals surface area contributed by atoms with Gasteiger partial charge in [0.2, 0.25) is 5.88 Å². The number of amides is 1. The van der Waals surface area contributed by atoms with Gasteiger partial charge in [-0.15, -0.1) is 0 Å². The molecule has 0 N–H and O–H groups in total. The minimum Gasteiger partial charge on any atom is -0.437 e. The molecule has 0 saturated carbocycles. The fourth-order valence-electron chi connectivity index (χ4n) is 3.72. The molecule has 0 radical (unpaired) electrons. The minimum absolute atomic E-state index is 0.0509. The number of benzene rings is 2. The first-order valence-electron chi connectivity index (χ1n) is 10.4. The zero-order valence-electron chi connectivity index (χ0n) is 17.7. The third kappa shape index (κ3) is 4.80. The highest BCUT2D eigenvalue weighted by Gasteiger charge is 2.29. The van der Waals surface area contributed by atoms with Gasteiger partial charge in [0.1, 0.15) is 17.9 Å². The van der Waals surface area contributed by atoms with Gasteiger partial charge in [-0.05, 0) is 43.2 Å². The van der Waals surface area contributed by atoms with Crippen LogP contribution in [-0.4, -0.2) is 46.5 Å². The van der Waals surface area contributed by atoms with E-state index in [2.05, 4.69) is 28.7 Å². The van der Waals surface area contributed by atoms with Gasteiger partial charge in [-0.3, -0.25) is 4.79 Å². The van der Waals surface area contributed by atoms with Crippen LogP contribution in [0.1, 0.15) is 29.8 Å². The standard InChI is InChI=1S/C24H25ClN4O2/c1-3-18-8-10-19(11-9-18)24(30)29-13-12-28(15-17(29)2)22-14-23(27-16-26-22)31-21-7-5-4-6-20(21)25/h4-11,14,16-17H,3,12-13,15H2,1-2H3/t17-/m0/s1. The minimum atomic E-state index is 0.0509. The number of hydrogen-bond donors (Lipinski definition) is 0. The highest BCUT2D eigenvalue weighted by molar-refractivity contribution is 6.32. The molecule has 0 unspecified atom stereocenters. The Labute approximate surface area is 187 Å². The van der Waals surface area contributed by atoms with Crippen molar-refractivity contribution in [1.82, 2.24) is 14.9 Å². The van der Waals surface area contributed by atoms with Crippen LogP contribution in [0.25, 0.3) is 0 Å². The van der Waals surface area contributed by atoms with Crippen LogP contribution in [0.5, 0.6) is 11.6 Å². The molecule has 0 aliphatic carbocycles. The third-order valence-electron chi connectivity index (χ3n) is 5.50. The first-order valence-corrected chi connectivity index (χ1v) is 10.8. The number of rotatable bonds is 5. The average molecular weight is 437 g/mol. The molecule has 7 heteroatoms. The number of nitrogens with zero attached hydrogens (tertiary/aromatic N) is 4. The molecule has 1 atom stereocenters. The molecule has 0 bridgehead atoms. The molecule has 2 aromatic carbocycles. The van der Waals surface area contributed by atoms with Crippen molar-refractivity contribution in [2.75, 3.05) is 24.5 Å². The quantitative estimate of drug-likeness (QED) is 0.573. The maximum Gasteiger partial charge on any atom is 0.254 e. The monoisotopic (exact) mass is 436 g/mol. The highest BCUT2D eigenvalue weighted by Crippen LogP contribution is 2.29. The van der Waals surface area contributed by atoms with Crippen molar-refractivity contribution in [3.63, 3.8) is 0 Å². The van der Waals surface area contributed by atoms with Crippen molar-refractivity contribution in [2.24, 2.45) is 0 Å². The van der Waals surface area contributed by atoms with Gasteiger partial charge < -0.3 is 14.5 Å². The zero-order valence-corrected chi connectivity index (χ0v) is 18.4. The van der Waals surface area contributed by atoms with E-state index in [1.807, 2.05) is 41.3 Å². The Morgan fingerprint density at radius 1 is 1.13 bits per heavy atom. The van der Waals surface area contributed by atoms with Crippen LogP contribution in [0.4, 0.5) is 5.82 Å². The summed E-state index contributed by atoms with van der Waals surface area (Å²) in [6.07, 6.45) is 2.45. The number of aryl methyl sites for hydroxylation is 1. The van der Waals surface area contributed by atoms with E-state index in [0.29, 0.717) is 36.3 Å². The summed E-state index contributed by atoms with van der Waals surface area (Å²) in [7, 11) is 0. The van der Waals surface area contributed by atoms with E-state index in [1.165, 1.54) is 11.9 Å². The maximum absolute atomic E-state index is 13.0. The molecule has 0 spiro atoms. The number of aromatic nitrogens is 2. The third-order valence-corrected chi connectivity index (χ3v) is 5.81. The summed E-state index contributed by atoms with van der Waals surface area (Å²) in [6, 6.07) is 17.0. The number of carbonyl (C=O) groups is 1. The summed E-state index contributed by atoms with van der Waals surface area (Å²) in [5.74, 6) is 1.82. The lowest BCUT2D eigenvalue weighted by atomic mass is 10.1. The summed E-state index contributed by atoms with van der Waals surface area (Å²) < 4.78 is 5.83. The SMILES string of the molecule is CCc1ccc(C(=O)N2CCN(c3cc(Oc4ccccc4Cl)ncn3)C[C@@H]2C)cc1. The molecule has 1 aliphatic rings. The predicted octanol–water partition coefficient (Wildman–Crippen LogP) is 4.84. The number of carbonyl (C=O) groups excluding carboxylic acids is 1. The number of piperazine rings is 1. The van der Waals surface area contributed by atoms with Crippen LogP contribution >= 0.6 is 11.6 Å². The molecule has 1 aliphatic heterocycles. The van der Waals surface area contributed by atoms with Gasteiger partial charge in [0, 0.05) is 37.3 Å². The van der Waals surface area contributed by atoms with E-state index < -0.39 is 0 Å². The summed E-state index contributed by atoms with van der Waals surface area (Å²) in [6.45, 7) is 6.16. The first kappa shape index (κ1) is 21.1. The second-order valence-corrected chi connectivity index (χ2v) is 8.00. The van der Waals surface area contributed by atoms with Crippen molar-refractivity contribution >= 4 is 23.3 Å². The molecule has 1 fully saturated rings. The second-order valence-electron chi connectivity index (χ2n) is 7.59. The van der Waals surface area contributed by atoms with Gasteiger partial charge in [0.25, 0.3) is 5.91 Å². The maximum atomic E-state index is 13.0. The Bertz CT molecular complexity index is 1060. The summed E-state index contributed by atoms with van der Waals surface area (Å²) in [4.78, 5) is 25.7. The molecule has 3 aromatic rings. The fraction of sp³-hybridized carbons (Fsp3) is 0.292. The van der Waals surface area contributed by atoms with Crippen LogP contribution in [-0.2, 0) is 6.42 Å². The number of hydrogen-bond acceptors (Lipinski definition) is 5. The van der Waals surface area contributed by atoms with Crippen LogP contribution in [0.3, 0.4) is 0 Å². The van der Waals surface area contributed by atoms with Gasteiger partial charge >= 0.3 is 0 Å². The van der Waals surface area contributed by atoms with E-state index in [0.717, 1.165) is 17.8 Å². The molecule has 1 saturated heterocycles. The van der Waals surface area contributed by atoms with E-state index in [9.17, 15) is 4.79 Å². The van der Waals surface area contributed by atoms with Gasteiger partial charge in [0.15, 0.2) is 0 Å². The fourth-order valence-corrected chi connectivity index (χ4v) is 3.89. The molecule has 2 heterocycles. The van der Waals surface area contributed by atoms with Gasteiger partial charge in [-0.2, -0.15) is 0 Å². The Morgan fingerprint density at radius 2 is 1.90 bits per heavy atom. The van der Waals surface area contributed by atoms with Gasteiger partial charge in [-0.25, -0.2) is 9.97 Å². The average Bonchev–Trinajstić information content (AvgIpc) is 2.80. The lowest BCUT2D eigenvalue weighted by Crippen LogP contribution is -2.54. The lowest BCUT2D eigenvalue weighted by Gasteiger charge is -2.40. The molecular formula is C24H25ClN4O2. The highest BCUT2D eigenvalue weighted by atomic mass is 35.5. The van der Waals surface area contributed by atoms with E-state index in [-0.39, 0.29) is 11.9 Å². The van der Waals surface area contributed by atoms with Crippen LogP contribution in [0.2, 0.25) is 5.02 Å². The van der Waals surface area contributed by atoms with Crippen molar-refractivity contribution in [3.05, 3.63) is 77.1 Å². The number of halogens is 1. The molecule has 4 rings (SSSR count). The molecule has 1 aromatic heterocycles. The number of anilines is 1. The second kappa shape index (κ2) is 9.35. The molecule has 6 nitrogen and oxygen atoms in total. The predicted molar refractivity (Wildman–Crippen MR) is 122 cm³/mol. The van der Waals surface area contributed by atoms with Crippen molar-refractivity contribution < 1.29 is 9.53 Å². The Balaban J connectivity index is 1.43. The van der Waals surface area contributed by atoms with Crippen molar-refractivity contribution in [2.45, 2.75) is 26.3 Å². The normalized spacial score (nSPS) is 16.3. The van der Waals surface area contributed by atoms with Crippen molar-refractivity contribution in [3.8, 4) is 11.6 Å². The summed E-state index contributed by atoms with van der Waals surface area (Å²) >= 11 is 6.18. The molecule has 1 amide bonds. The Kier molecular flexibility index (Phi) is 6.37. The topological polar surface area (TPSA) is 58.6 Å². The molecular weight excluding hydrogens is 412 g/mol.